The predicted octanol–water partition coefficient (Wildman–Crippen LogP) is 0.828. The molecule has 78 heavy (non-hydrogen) atoms. The standard InChI is InChI=1S/C55H97N11O12/c1-22-24-25-34(11)46(69)45-49(72)58-38(23-2)51(74)61(16)29-42(68)62(17)37(14)48(71)59-43(32(7)8)54(77)60(15)28-41(67)56-35(12)47(70)57-36(13)50(73)63(18)39(26-30(3)4)52(75)64(19)40(27-31(5)6)53(76)65(20)44(33(9)10)55(78)66(45)21/h22,24,30-40,43-46,69H,23,25-29H2,1-21H3,(H,56,67)(H,57,70)(H,58,72)(H,59,71)/b24-22+/t34-,35+,36-,37+,38+,39+,40+,43+,44+,45+,46-/m1/s1. The average molecular weight is 1100 g/mol. The quantitative estimate of drug-likeness (QED) is 0.180. The molecule has 11 atom stereocenters. The molecule has 1 fully saturated rings. The minimum atomic E-state index is -1.60. The Balaban J connectivity index is 4.12. The maximum Gasteiger partial charge on any atom is 0.246 e. The summed E-state index contributed by atoms with van der Waals surface area (Å²) in [7, 11) is 9.68. The molecule has 0 aromatic heterocycles. The Morgan fingerprint density at radius 1 is 0.526 bits per heavy atom. The summed E-state index contributed by atoms with van der Waals surface area (Å²) in [6.07, 6.45) is 2.73. The van der Waals surface area contributed by atoms with Gasteiger partial charge in [-0.1, -0.05) is 81.4 Å². The molecule has 1 rings (SSSR count). The molecule has 0 saturated carbocycles. The first kappa shape index (κ1) is 69.9. The van der Waals surface area contributed by atoms with E-state index in [1.54, 1.807) is 60.6 Å². The molecule has 11 amide bonds. The van der Waals surface area contributed by atoms with Gasteiger partial charge in [0.2, 0.25) is 65.0 Å². The predicted molar refractivity (Wildman–Crippen MR) is 296 cm³/mol. The Morgan fingerprint density at radius 2 is 1.01 bits per heavy atom. The van der Waals surface area contributed by atoms with Crippen molar-refractivity contribution < 1.29 is 57.8 Å². The number of amides is 11. The highest BCUT2D eigenvalue weighted by Crippen LogP contribution is 2.25. The molecule has 0 aliphatic carbocycles. The van der Waals surface area contributed by atoms with E-state index in [9.17, 15) is 53.1 Å². The van der Waals surface area contributed by atoms with Crippen LogP contribution in [0.2, 0.25) is 0 Å². The lowest BCUT2D eigenvalue weighted by molar-refractivity contribution is -0.157. The first-order valence-electron chi connectivity index (χ1n) is 27.3. The number of aliphatic hydroxyl groups is 1. The lowest BCUT2D eigenvalue weighted by Crippen LogP contribution is -2.63. The fourth-order valence-corrected chi connectivity index (χ4v) is 9.28. The highest BCUT2D eigenvalue weighted by atomic mass is 16.3. The molecule has 0 radical (unpaired) electrons. The van der Waals surface area contributed by atoms with Crippen molar-refractivity contribution in [2.75, 3.05) is 62.4 Å². The molecule has 0 spiro atoms. The van der Waals surface area contributed by atoms with Crippen molar-refractivity contribution in [1.29, 1.82) is 0 Å². The van der Waals surface area contributed by atoms with Gasteiger partial charge in [-0.05, 0) is 83.0 Å². The SMILES string of the molecule is C/C=C/C[C@@H](C)[C@@H](O)[C@H]1C(=O)N[C@@H](CC)C(=O)N(C)CC(=O)N(C)[C@@H](C)C(=O)N[C@@H](C(C)C)C(=O)N(C)CC(=O)N[C@@H](C)C(=O)N[C@H](C)C(=O)N(C)[C@@H](CC(C)C)C(=O)N(C)[C@@H](CC(C)C)C(=O)N(C)[C@@H](C(C)C)C(=O)N1C. The van der Waals surface area contributed by atoms with Crippen molar-refractivity contribution in [2.24, 2.45) is 29.6 Å². The monoisotopic (exact) mass is 1100 g/mol. The van der Waals surface area contributed by atoms with Gasteiger partial charge >= 0.3 is 0 Å². The third-order valence-electron chi connectivity index (χ3n) is 14.5. The topological polar surface area (TPSA) is 279 Å². The van der Waals surface area contributed by atoms with E-state index in [0.717, 1.165) is 19.6 Å². The van der Waals surface area contributed by atoms with E-state index in [1.165, 1.54) is 84.8 Å². The number of hydrogen-bond donors (Lipinski definition) is 5. The number of allylic oxidation sites excluding steroid dienone is 2. The van der Waals surface area contributed by atoms with Gasteiger partial charge in [0.15, 0.2) is 0 Å². The minimum Gasteiger partial charge on any atom is -0.390 e. The highest BCUT2D eigenvalue weighted by Gasteiger charge is 2.45. The van der Waals surface area contributed by atoms with Crippen LogP contribution in [-0.4, -0.2) is 227 Å². The van der Waals surface area contributed by atoms with Gasteiger partial charge in [0.25, 0.3) is 0 Å². The lowest BCUT2D eigenvalue weighted by Gasteiger charge is -2.41. The van der Waals surface area contributed by atoms with Crippen molar-refractivity contribution in [1.82, 2.24) is 55.6 Å². The summed E-state index contributed by atoms with van der Waals surface area (Å²) in [5.74, 6) is -9.60. The molecule has 23 nitrogen and oxygen atoms in total. The molecule has 0 aromatic carbocycles. The van der Waals surface area contributed by atoms with Gasteiger partial charge in [-0.15, -0.1) is 0 Å². The smallest absolute Gasteiger partial charge is 0.246 e. The minimum absolute atomic E-state index is 0.0253. The van der Waals surface area contributed by atoms with E-state index in [4.69, 9.17) is 0 Å². The Labute approximate surface area is 464 Å². The van der Waals surface area contributed by atoms with Crippen LogP contribution in [0.25, 0.3) is 0 Å². The van der Waals surface area contributed by atoms with Crippen LogP contribution in [0, 0.1) is 29.6 Å². The molecule has 0 aromatic rings. The number of carbonyl (C=O) groups excluding carboxylic acids is 11. The molecular formula is C55H97N11O12. The second-order valence-corrected chi connectivity index (χ2v) is 22.8. The van der Waals surface area contributed by atoms with Crippen molar-refractivity contribution in [3.05, 3.63) is 12.2 Å². The van der Waals surface area contributed by atoms with Crippen LogP contribution in [0.15, 0.2) is 12.2 Å². The van der Waals surface area contributed by atoms with E-state index in [2.05, 4.69) is 21.3 Å². The Morgan fingerprint density at radius 3 is 1.49 bits per heavy atom. The summed E-state index contributed by atoms with van der Waals surface area (Å²) in [6.45, 7) is 22.6. The summed E-state index contributed by atoms with van der Waals surface area (Å²) in [6, 6.07) is -11.1. The molecule has 1 heterocycles. The largest absolute Gasteiger partial charge is 0.390 e. The van der Waals surface area contributed by atoms with E-state index < -0.39 is 156 Å². The number of hydrogen-bond acceptors (Lipinski definition) is 12. The number of nitrogens with zero attached hydrogens (tertiary/aromatic N) is 7. The van der Waals surface area contributed by atoms with Crippen molar-refractivity contribution in [2.45, 2.75) is 183 Å². The number of carbonyl (C=O) groups is 11. The summed E-state index contributed by atoms with van der Waals surface area (Å²) in [5.41, 5.74) is 0. The number of aliphatic hydroxyl groups excluding tert-OH is 1. The molecular weight excluding hydrogens is 1010 g/mol. The van der Waals surface area contributed by atoms with Crippen LogP contribution in [0.5, 0.6) is 0 Å². The lowest BCUT2D eigenvalue weighted by atomic mass is 9.91. The van der Waals surface area contributed by atoms with Gasteiger partial charge in [-0.25, -0.2) is 0 Å². The zero-order valence-electron chi connectivity index (χ0n) is 50.6. The van der Waals surface area contributed by atoms with Crippen LogP contribution in [-0.2, 0) is 52.7 Å². The molecule has 1 aliphatic rings. The molecule has 1 saturated heterocycles. The fraction of sp³-hybridized carbons (Fsp3) is 0.764. The molecule has 0 bridgehead atoms. The molecule has 444 valence electrons. The van der Waals surface area contributed by atoms with Gasteiger partial charge in [0.1, 0.15) is 54.4 Å². The summed E-state index contributed by atoms with van der Waals surface area (Å²) in [5, 5.41) is 22.5. The Bertz CT molecular complexity index is 2150. The van der Waals surface area contributed by atoms with Crippen LogP contribution in [0.3, 0.4) is 0 Å². The third-order valence-corrected chi connectivity index (χ3v) is 14.5. The van der Waals surface area contributed by atoms with Gasteiger partial charge in [0.05, 0.1) is 19.2 Å². The fourth-order valence-electron chi connectivity index (χ4n) is 9.28. The van der Waals surface area contributed by atoms with E-state index in [1.807, 2.05) is 27.7 Å². The Kier molecular flexibility index (Phi) is 28.2. The highest BCUT2D eigenvalue weighted by molar-refractivity contribution is 5.99. The summed E-state index contributed by atoms with van der Waals surface area (Å²) < 4.78 is 0. The maximum absolute atomic E-state index is 15.0. The Hall–Kier alpha value is -6.13. The van der Waals surface area contributed by atoms with Crippen LogP contribution in [0.4, 0.5) is 0 Å². The first-order valence-corrected chi connectivity index (χ1v) is 27.3. The maximum atomic E-state index is 15.0. The van der Waals surface area contributed by atoms with E-state index in [-0.39, 0.29) is 31.1 Å². The van der Waals surface area contributed by atoms with Gasteiger partial charge in [-0.2, -0.15) is 0 Å². The van der Waals surface area contributed by atoms with Crippen LogP contribution < -0.4 is 21.3 Å². The summed E-state index contributed by atoms with van der Waals surface area (Å²) in [4.78, 5) is 164. The first-order chi connectivity index (χ1) is 36.0. The number of likely N-dealkylation sites (N-methyl/N-ethyl adjacent to an activating group) is 7. The van der Waals surface area contributed by atoms with E-state index in [0.29, 0.717) is 6.42 Å². The van der Waals surface area contributed by atoms with Crippen molar-refractivity contribution >= 4 is 65.0 Å². The molecule has 5 N–H and O–H groups in total. The summed E-state index contributed by atoms with van der Waals surface area (Å²) >= 11 is 0. The van der Waals surface area contributed by atoms with E-state index >= 15 is 4.79 Å². The van der Waals surface area contributed by atoms with Crippen molar-refractivity contribution in [3.63, 3.8) is 0 Å². The second kappa shape index (κ2) is 31.5. The van der Waals surface area contributed by atoms with Crippen LogP contribution >= 0.6 is 0 Å². The number of rotatable bonds is 11. The average Bonchev–Trinajstić information content (AvgIpc) is 3.36. The van der Waals surface area contributed by atoms with Gasteiger partial charge in [-0.3, -0.25) is 52.7 Å². The van der Waals surface area contributed by atoms with Gasteiger partial charge in [0, 0.05) is 49.3 Å². The molecule has 23 heteroatoms. The zero-order chi connectivity index (χ0) is 60.5. The van der Waals surface area contributed by atoms with Crippen LogP contribution in [0.1, 0.15) is 123 Å². The molecule has 1 aliphatic heterocycles. The zero-order valence-corrected chi connectivity index (χ0v) is 50.6. The third kappa shape index (κ3) is 19.1. The number of nitrogens with one attached hydrogen (secondary N) is 4. The molecule has 0 unspecified atom stereocenters. The van der Waals surface area contributed by atoms with Gasteiger partial charge < -0.3 is 60.7 Å². The normalized spacial score (nSPS) is 27.1. The second-order valence-electron chi connectivity index (χ2n) is 22.8. The van der Waals surface area contributed by atoms with Crippen molar-refractivity contribution in [3.8, 4) is 0 Å².